The van der Waals surface area contributed by atoms with E-state index in [0.29, 0.717) is 11.1 Å². The first kappa shape index (κ1) is 16.8. The Balaban J connectivity index is 1.53. The minimum atomic E-state index is -1.03. The monoisotopic (exact) mass is 347 g/mol. The van der Waals surface area contributed by atoms with E-state index >= 15 is 0 Å². The van der Waals surface area contributed by atoms with Gasteiger partial charge in [-0.15, -0.1) is 0 Å². The van der Waals surface area contributed by atoms with Gasteiger partial charge in [-0.3, -0.25) is 9.89 Å². The van der Waals surface area contributed by atoms with Gasteiger partial charge >= 0.3 is 0 Å². The van der Waals surface area contributed by atoms with Crippen molar-refractivity contribution >= 4 is 16.8 Å². The Morgan fingerprint density at radius 3 is 2.92 bits per heavy atom. The number of benzene rings is 2. The highest BCUT2D eigenvalue weighted by atomic mass is 19.2. The average molecular weight is 347 g/mol. The van der Waals surface area contributed by atoms with E-state index in [1.807, 2.05) is 6.07 Å². The van der Waals surface area contributed by atoms with E-state index in [2.05, 4.69) is 15.5 Å². The number of carbonyl (C=O) groups is 1. The van der Waals surface area contributed by atoms with Crippen LogP contribution in [0.25, 0.3) is 10.9 Å². The molecule has 0 spiro atoms. The van der Waals surface area contributed by atoms with Crippen molar-refractivity contribution in [1.82, 2.24) is 15.5 Å². The zero-order valence-electron chi connectivity index (χ0n) is 13.0. The molecule has 3 rings (SSSR count). The number of H-pyrrole nitrogens is 1. The number of hydrogen-bond acceptors (Lipinski definition) is 4. The molecule has 3 N–H and O–H groups in total. The van der Waals surface area contributed by atoms with Gasteiger partial charge in [0.1, 0.15) is 18.5 Å². The third-order valence-corrected chi connectivity index (χ3v) is 3.55. The number of nitrogens with zero attached hydrogens (tertiary/aromatic N) is 1. The summed E-state index contributed by atoms with van der Waals surface area (Å²) in [4.78, 5) is 12.2. The second-order valence-corrected chi connectivity index (χ2v) is 5.39. The van der Waals surface area contributed by atoms with Crippen molar-refractivity contribution in [2.45, 2.75) is 6.10 Å². The van der Waals surface area contributed by atoms with E-state index in [4.69, 9.17) is 4.74 Å². The smallest absolute Gasteiger partial charge is 0.253 e. The lowest BCUT2D eigenvalue weighted by Crippen LogP contribution is -2.35. The number of amides is 1. The van der Waals surface area contributed by atoms with Crippen molar-refractivity contribution in [3.63, 3.8) is 0 Å². The molecule has 0 saturated heterocycles. The topological polar surface area (TPSA) is 87.2 Å². The Hall–Kier alpha value is -3.00. The highest BCUT2D eigenvalue weighted by Crippen LogP contribution is 2.16. The van der Waals surface area contributed by atoms with Crippen LogP contribution in [0, 0.1) is 11.6 Å². The lowest BCUT2D eigenvalue weighted by atomic mass is 10.1. The number of ether oxygens (including phenoxy) is 1. The molecule has 0 aliphatic heterocycles. The second kappa shape index (κ2) is 7.27. The first-order chi connectivity index (χ1) is 12.0. The van der Waals surface area contributed by atoms with Crippen molar-refractivity contribution in [3.8, 4) is 5.75 Å². The SMILES string of the molecule is O=C(NC[C@H](O)COc1ccc(F)c(F)c1)c1cccc2cn[nH]c12. The molecule has 1 aromatic heterocycles. The van der Waals surface area contributed by atoms with Gasteiger partial charge in [0.25, 0.3) is 5.91 Å². The molecule has 3 aromatic rings. The van der Waals surface area contributed by atoms with E-state index in [0.717, 1.165) is 17.5 Å². The quantitative estimate of drug-likeness (QED) is 0.637. The summed E-state index contributed by atoms with van der Waals surface area (Å²) >= 11 is 0. The lowest BCUT2D eigenvalue weighted by Gasteiger charge is -2.13. The molecule has 0 unspecified atom stereocenters. The van der Waals surface area contributed by atoms with Gasteiger partial charge in [-0.1, -0.05) is 12.1 Å². The predicted octanol–water partition coefficient (Wildman–Crippen LogP) is 2.01. The first-order valence-corrected chi connectivity index (χ1v) is 7.51. The Morgan fingerprint density at radius 2 is 2.12 bits per heavy atom. The van der Waals surface area contributed by atoms with Gasteiger partial charge in [-0.2, -0.15) is 5.10 Å². The summed E-state index contributed by atoms with van der Waals surface area (Å²) in [6.07, 6.45) is 0.592. The summed E-state index contributed by atoms with van der Waals surface area (Å²) in [6.45, 7) is -0.243. The third kappa shape index (κ3) is 3.92. The van der Waals surface area contributed by atoms with E-state index in [1.165, 1.54) is 6.07 Å². The first-order valence-electron chi connectivity index (χ1n) is 7.51. The maximum absolute atomic E-state index is 13.1. The van der Waals surface area contributed by atoms with Crippen LogP contribution in [0.2, 0.25) is 0 Å². The number of rotatable bonds is 6. The van der Waals surface area contributed by atoms with E-state index in [1.54, 1.807) is 18.3 Å². The van der Waals surface area contributed by atoms with E-state index in [9.17, 15) is 18.7 Å². The van der Waals surface area contributed by atoms with Crippen LogP contribution < -0.4 is 10.1 Å². The van der Waals surface area contributed by atoms with Gasteiger partial charge < -0.3 is 15.2 Å². The van der Waals surface area contributed by atoms with Crippen molar-refractivity contribution in [2.75, 3.05) is 13.2 Å². The Labute approximate surface area is 141 Å². The predicted molar refractivity (Wildman–Crippen MR) is 86.3 cm³/mol. The van der Waals surface area contributed by atoms with Crippen molar-refractivity contribution < 1.29 is 23.4 Å². The van der Waals surface area contributed by atoms with Gasteiger partial charge in [0.15, 0.2) is 11.6 Å². The molecule has 2 aromatic carbocycles. The third-order valence-electron chi connectivity index (χ3n) is 3.55. The highest BCUT2D eigenvalue weighted by Gasteiger charge is 2.13. The molecule has 130 valence electrons. The Bertz CT molecular complexity index is 898. The maximum Gasteiger partial charge on any atom is 0.253 e. The fourth-order valence-electron chi connectivity index (χ4n) is 2.28. The molecule has 0 bridgehead atoms. The van der Waals surface area contributed by atoms with Gasteiger partial charge in [0, 0.05) is 18.0 Å². The number of para-hydroxylation sites is 1. The molecule has 0 aliphatic carbocycles. The van der Waals surface area contributed by atoms with Gasteiger partial charge in [0.05, 0.1) is 17.3 Å². The standard InChI is InChI=1S/C17H15F2N3O3/c18-14-5-4-12(6-15(14)19)25-9-11(23)8-20-17(24)13-3-1-2-10-7-21-22-16(10)13/h1-7,11,23H,8-9H2,(H,20,24)(H,21,22)/t11-/m0/s1. The highest BCUT2D eigenvalue weighted by molar-refractivity contribution is 6.05. The molecule has 25 heavy (non-hydrogen) atoms. The molecular weight excluding hydrogens is 332 g/mol. The second-order valence-electron chi connectivity index (χ2n) is 5.39. The molecule has 1 amide bonds. The maximum atomic E-state index is 13.1. The summed E-state index contributed by atoms with van der Waals surface area (Å²) in [5.74, 6) is -2.30. The van der Waals surface area contributed by atoms with Crippen molar-refractivity contribution in [1.29, 1.82) is 0 Å². The van der Waals surface area contributed by atoms with E-state index < -0.39 is 17.7 Å². The van der Waals surface area contributed by atoms with Gasteiger partial charge in [-0.25, -0.2) is 8.78 Å². The number of aliphatic hydroxyl groups is 1. The number of fused-ring (bicyclic) bond motifs is 1. The number of halogens is 2. The normalized spacial score (nSPS) is 12.1. The molecule has 6 nitrogen and oxygen atoms in total. The van der Waals surface area contributed by atoms with Crippen LogP contribution in [0.15, 0.2) is 42.6 Å². The molecule has 1 atom stereocenters. The van der Waals surface area contributed by atoms with Crippen molar-refractivity contribution in [3.05, 3.63) is 59.8 Å². The largest absolute Gasteiger partial charge is 0.491 e. The summed E-state index contributed by atoms with van der Waals surface area (Å²) in [6, 6.07) is 8.27. The van der Waals surface area contributed by atoms with Crippen LogP contribution in [0.4, 0.5) is 8.78 Å². The fourth-order valence-corrected chi connectivity index (χ4v) is 2.28. The van der Waals surface area contributed by atoms with Gasteiger partial charge in [0.2, 0.25) is 0 Å². The van der Waals surface area contributed by atoms with Crippen LogP contribution in [0.1, 0.15) is 10.4 Å². The molecule has 8 heteroatoms. The van der Waals surface area contributed by atoms with Crippen LogP contribution in [0.3, 0.4) is 0 Å². The minimum absolute atomic E-state index is 0.0625. The summed E-state index contributed by atoms with van der Waals surface area (Å²) < 4.78 is 31.1. The number of aromatic amines is 1. The Morgan fingerprint density at radius 1 is 1.28 bits per heavy atom. The van der Waals surface area contributed by atoms with Crippen LogP contribution >= 0.6 is 0 Å². The number of carbonyl (C=O) groups excluding carboxylic acids is 1. The van der Waals surface area contributed by atoms with Crippen LogP contribution in [0.5, 0.6) is 5.75 Å². The summed E-state index contributed by atoms with van der Waals surface area (Å²) in [5, 5.41) is 19.9. The molecule has 1 heterocycles. The van der Waals surface area contributed by atoms with Crippen LogP contribution in [-0.4, -0.2) is 40.5 Å². The minimum Gasteiger partial charge on any atom is -0.491 e. The number of hydrogen-bond donors (Lipinski definition) is 3. The lowest BCUT2D eigenvalue weighted by molar-refractivity contribution is 0.0844. The average Bonchev–Trinajstić information content (AvgIpc) is 3.09. The van der Waals surface area contributed by atoms with Crippen molar-refractivity contribution in [2.24, 2.45) is 0 Å². The summed E-state index contributed by atoms with van der Waals surface area (Å²) in [7, 11) is 0. The number of aromatic nitrogens is 2. The molecule has 0 radical (unpaired) electrons. The summed E-state index contributed by atoms with van der Waals surface area (Å²) in [5.41, 5.74) is 1.01. The zero-order valence-corrected chi connectivity index (χ0v) is 13.0. The molecule has 0 aliphatic rings. The zero-order chi connectivity index (χ0) is 17.8. The van der Waals surface area contributed by atoms with E-state index in [-0.39, 0.29) is 24.8 Å². The Kier molecular flexibility index (Phi) is 4.90. The molecular formula is C17H15F2N3O3. The molecule has 0 saturated carbocycles. The number of nitrogens with one attached hydrogen (secondary N) is 2. The number of aliphatic hydroxyl groups excluding tert-OH is 1. The van der Waals surface area contributed by atoms with Crippen LogP contribution in [-0.2, 0) is 0 Å². The fraction of sp³-hybridized carbons (Fsp3) is 0.176. The van der Waals surface area contributed by atoms with Gasteiger partial charge in [-0.05, 0) is 18.2 Å². The molecule has 0 fully saturated rings.